The fourth-order valence-corrected chi connectivity index (χ4v) is 6.04. The number of rotatable bonds is 17. The van der Waals surface area contributed by atoms with Gasteiger partial charge in [-0.2, -0.15) is 0 Å². The van der Waals surface area contributed by atoms with Gasteiger partial charge in [0.25, 0.3) is 0 Å². The first-order chi connectivity index (χ1) is 17.7. The molecule has 208 valence electrons. The Morgan fingerprint density at radius 3 is 1.92 bits per heavy atom. The van der Waals surface area contributed by atoms with Gasteiger partial charge in [0.05, 0.1) is 13.2 Å². The zero-order valence-electron chi connectivity index (χ0n) is 24.8. The van der Waals surface area contributed by atoms with Crippen LogP contribution in [-0.4, -0.2) is 37.6 Å². The molecule has 2 aromatic carbocycles. The molecule has 0 aliphatic carbocycles. The van der Waals surface area contributed by atoms with E-state index in [0.717, 1.165) is 52.9 Å². The predicted octanol–water partition coefficient (Wildman–Crippen LogP) is 8.61. The topological polar surface area (TPSA) is 35.5 Å². The number of hydrogen-bond acceptors (Lipinski definition) is 3. The van der Waals surface area contributed by atoms with Crippen LogP contribution in [0.15, 0.2) is 24.3 Å². The molecule has 0 amide bonds. The molecule has 0 heterocycles. The van der Waals surface area contributed by atoms with Gasteiger partial charge in [-0.1, -0.05) is 72.3 Å². The van der Waals surface area contributed by atoms with Crippen LogP contribution in [0.3, 0.4) is 0 Å². The van der Waals surface area contributed by atoms with E-state index in [-0.39, 0.29) is 33.0 Å². The Kier molecular flexibility index (Phi) is 16.6. The third-order valence-corrected chi connectivity index (χ3v) is 8.99. The van der Waals surface area contributed by atoms with Gasteiger partial charge in [0.1, 0.15) is 11.5 Å². The first-order valence-corrected chi connectivity index (χ1v) is 15.5. The molecule has 2 rings (SSSR count). The van der Waals surface area contributed by atoms with Gasteiger partial charge in [-0.15, -0.1) is 0 Å². The summed E-state index contributed by atoms with van der Waals surface area (Å²) in [5, 5.41) is 0.970. The molecule has 0 aliphatic heterocycles. The van der Waals surface area contributed by atoms with Crippen molar-refractivity contribution in [2.75, 3.05) is 13.2 Å². The Balaban J connectivity index is 0.00000722. The number of unbranched alkanes of at least 4 members (excludes halogenated alkanes) is 2. The zero-order valence-corrected chi connectivity index (χ0v) is 25.8. The van der Waals surface area contributed by atoms with E-state index in [1.807, 2.05) is 25.1 Å². The third-order valence-electron chi connectivity index (χ3n) is 7.83. The van der Waals surface area contributed by atoms with Crippen molar-refractivity contribution in [2.45, 2.75) is 107 Å². The fourth-order valence-electron chi connectivity index (χ4n) is 4.85. The summed E-state index contributed by atoms with van der Waals surface area (Å²) in [4.78, 5) is 13.6. The monoisotopic (exact) mass is 534 g/mol. The number of hydrogen-bond donors (Lipinski definition) is 0. The standard InChI is InChI=1S/C33H51O3P.Li.H/c1-9-13-15-27(11-3)21-35-29-17-18-31(30(20-29)36-22-28(12-4)16-14-10-2)37-33(34)32-24(6)19-23(5)25(7)26(32)8;;/h17-20,27-28,37H,9-16,21-22H2,1-8H3;;. The van der Waals surface area contributed by atoms with Crippen molar-refractivity contribution in [1.29, 1.82) is 0 Å². The Bertz CT molecular complexity index is 1000. The van der Waals surface area contributed by atoms with Gasteiger partial charge in [0.15, 0.2) is 5.52 Å². The van der Waals surface area contributed by atoms with E-state index < -0.39 is 0 Å². The van der Waals surface area contributed by atoms with Crippen LogP contribution in [0.4, 0.5) is 0 Å². The second-order valence-corrected chi connectivity index (χ2v) is 11.9. The summed E-state index contributed by atoms with van der Waals surface area (Å²) >= 11 is 0. The van der Waals surface area contributed by atoms with E-state index >= 15 is 0 Å². The van der Waals surface area contributed by atoms with Crippen LogP contribution in [0.5, 0.6) is 11.5 Å². The molecule has 0 spiro atoms. The SMILES string of the molecule is CCCCC(CC)COc1ccc(PC(=O)c2c(C)cc(C)c(C)c2C)c(OCC(CC)CCCC)c1.[LiH]. The summed E-state index contributed by atoms with van der Waals surface area (Å²) in [5.41, 5.74) is 5.64. The minimum atomic E-state index is 0. The van der Waals surface area contributed by atoms with Crippen molar-refractivity contribution < 1.29 is 14.3 Å². The Hall–Kier alpha value is -1.26. The Labute approximate surface area is 247 Å². The zero-order chi connectivity index (χ0) is 27.4. The fraction of sp³-hybridized carbons (Fsp3) is 0.606. The quantitative estimate of drug-likeness (QED) is 0.151. The van der Waals surface area contributed by atoms with Gasteiger partial charge >= 0.3 is 18.9 Å². The van der Waals surface area contributed by atoms with Crippen molar-refractivity contribution in [1.82, 2.24) is 0 Å². The Morgan fingerprint density at radius 2 is 1.37 bits per heavy atom. The van der Waals surface area contributed by atoms with E-state index in [2.05, 4.69) is 54.5 Å². The molecular weight excluding hydrogens is 482 g/mol. The molecule has 3 nitrogen and oxygen atoms in total. The Morgan fingerprint density at radius 1 is 0.789 bits per heavy atom. The van der Waals surface area contributed by atoms with Crippen LogP contribution < -0.4 is 14.8 Å². The maximum atomic E-state index is 13.6. The molecule has 0 fully saturated rings. The molecule has 0 N–H and O–H groups in total. The summed E-state index contributed by atoms with van der Waals surface area (Å²) in [5.74, 6) is 2.74. The van der Waals surface area contributed by atoms with Crippen molar-refractivity contribution in [3.05, 3.63) is 52.1 Å². The summed E-state index contributed by atoms with van der Waals surface area (Å²) in [6, 6.07) is 8.22. The molecule has 3 unspecified atom stereocenters. The van der Waals surface area contributed by atoms with Gasteiger partial charge in [-0.05, 0) is 95.3 Å². The number of carbonyl (C=O) groups is 1. The number of carbonyl (C=O) groups excluding carboxylic acids is 1. The van der Waals surface area contributed by atoms with E-state index in [9.17, 15) is 4.79 Å². The molecule has 0 saturated carbocycles. The molecule has 0 radical (unpaired) electrons. The summed E-state index contributed by atoms with van der Waals surface area (Å²) in [6.45, 7) is 18.7. The number of ether oxygens (including phenoxy) is 2. The second kappa shape index (κ2) is 18.2. The van der Waals surface area contributed by atoms with Crippen LogP contribution in [0, 0.1) is 39.5 Å². The van der Waals surface area contributed by atoms with E-state index in [1.165, 1.54) is 49.7 Å². The van der Waals surface area contributed by atoms with Gasteiger partial charge in [-0.3, -0.25) is 4.79 Å². The molecule has 2 aromatic rings. The van der Waals surface area contributed by atoms with Crippen LogP contribution in [0.2, 0.25) is 0 Å². The van der Waals surface area contributed by atoms with Crippen molar-refractivity contribution in [2.24, 2.45) is 11.8 Å². The molecule has 0 saturated heterocycles. The predicted molar refractivity (Wildman–Crippen MR) is 169 cm³/mol. The van der Waals surface area contributed by atoms with Crippen LogP contribution in [0.25, 0.3) is 0 Å². The minimum absolute atomic E-state index is 0. The van der Waals surface area contributed by atoms with Gasteiger partial charge < -0.3 is 9.47 Å². The van der Waals surface area contributed by atoms with E-state index in [0.29, 0.717) is 18.4 Å². The molecule has 0 aromatic heterocycles. The second-order valence-electron chi connectivity index (χ2n) is 10.7. The molecule has 38 heavy (non-hydrogen) atoms. The normalized spacial score (nSPS) is 12.8. The third kappa shape index (κ3) is 10.4. The van der Waals surface area contributed by atoms with Crippen LogP contribution in [-0.2, 0) is 0 Å². The van der Waals surface area contributed by atoms with E-state index in [1.54, 1.807) is 0 Å². The van der Waals surface area contributed by atoms with Crippen LogP contribution in [0.1, 0.15) is 112 Å². The van der Waals surface area contributed by atoms with Gasteiger partial charge in [-0.25, -0.2) is 0 Å². The van der Waals surface area contributed by atoms with Crippen LogP contribution >= 0.6 is 8.58 Å². The summed E-state index contributed by atoms with van der Waals surface area (Å²) in [6.07, 6.45) is 9.49. The van der Waals surface area contributed by atoms with Gasteiger partial charge in [0, 0.05) is 16.9 Å². The van der Waals surface area contributed by atoms with Crippen molar-refractivity contribution in [3.63, 3.8) is 0 Å². The summed E-state index contributed by atoms with van der Waals surface area (Å²) in [7, 11) is 0.0198. The molecule has 0 bridgehead atoms. The average Bonchev–Trinajstić information content (AvgIpc) is 2.88. The first-order valence-electron chi connectivity index (χ1n) is 14.5. The average molecular weight is 535 g/mol. The van der Waals surface area contributed by atoms with Crippen molar-refractivity contribution in [3.8, 4) is 11.5 Å². The first kappa shape index (κ1) is 34.8. The van der Waals surface area contributed by atoms with Gasteiger partial charge in [0.2, 0.25) is 0 Å². The number of benzene rings is 2. The summed E-state index contributed by atoms with van der Waals surface area (Å²) < 4.78 is 12.7. The number of aryl methyl sites for hydroxylation is 2. The molecule has 3 atom stereocenters. The maximum absolute atomic E-state index is 13.6. The molecular formula is C33H52LiO3P. The van der Waals surface area contributed by atoms with Crippen molar-refractivity contribution >= 4 is 38.3 Å². The molecule has 5 heteroatoms. The molecule has 0 aliphatic rings. The van der Waals surface area contributed by atoms with E-state index in [4.69, 9.17) is 9.47 Å².